The Balaban J connectivity index is 1.41. The summed E-state index contributed by atoms with van der Waals surface area (Å²) in [5.74, 6) is -0.189. The van der Waals surface area contributed by atoms with Gasteiger partial charge in [-0.1, -0.05) is 12.1 Å². The van der Waals surface area contributed by atoms with Crippen molar-refractivity contribution in [3.8, 4) is 17.2 Å². The second-order valence-electron chi connectivity index (χ2n) is 6.84. The molecular formula is C20H20FN3O4. The number of likely N-dealkylation sites (tertiary alicyclic amines) is 1. The first-order chi connectivity index (χ1) is 13.6. The monoisotopic (exact) mass is 385 g/mol. The molecule has 0 radical (unpaired) electrons. The molecule has 1 aliphatic heterocycles. The fourth-order valence-corrected chi connectivity index (χ4v) is 3.39. The van der Waals surface area contributed by atoms with Gasteiger partial charge >= 0.3 is 5.97 Å². The number of ether oxygens (including phenoxy) is 1. The van der Waals surface area contributed by atoms with E-state index in [9.17, 15) is 14.3 Å². The maximum Gasteiger partial charge on any atom is 0.348 e. The number of carboxylic acid groups (broad SMARTS) is 1. The van der Waals surface area contributed by atoms with Gasteiger partial charge < -0.3 is 14.3 Å². The summed E-state index contributed by atoms with van der Waals surface area (Å²) in [7, 11) is 0. The Morgan fingerprint density at radius 2 is 2.04 bits per heavy atom. The molecule has 1 aromatic carbocycles. The van der Waals surface area contributed by atoms with Crippen LogP contribution in [0.1, 0.15) is 18.6 Å². The smallest absolute Gasteiger partial charge is 0.348 e. The number of carboxylic acids is 1. The van der Waals surface area contributed by atoms with Crippen molar-refractivity contribution in [2.24, 2.45) is 0 Å². The highest BCUT2D eigenvalue weighted by atomic mass is 19.1. The van der Waals surface area contributed by atoms with Crippen molar-refractivity contribution >= 4 is 5.97 Å². The van der Waals surface area contributed by atoms with E-state index >= 15 is 0 Å². The molecule has 1 fully saturated rings. The minimum atomic E-state index is -1.43. The van der Waals surface area contributed by atoms with Crippen LogP contribution in [-0.2, 0) is 11.3 Å². The number of hydrogen-bond donors (Lipinski definition) is 2. The van der Waals surface area contributed by atoms with E-state index in [-0.39, 0.29) is 18.6 Å². The first-order valence-electron chi connectivity index (χ1n) is 9.03. The topological polar surface area (TPSA) is 91.6 Å². The van der Waals surface area contributed by atoms with Gasteiger partial charge in [0.25, 0.3) is 0 Å². The predicted octanol–water partition coefficient (Wildman–Crippen LogP) is 3.31. The van der Waals surface area contributed by atoms with Gasteiger partial charge in [-0.3, -0.25) is 10.00 Å². The van der Waals surface area contributed by atoms with Crippen LogP contribution in [0.2, 0.25) is 0 Å². The summed E-state index contributed by atoms with van der Waals surface area (Å²) < 4.78 is 25.4. The van der Waals surface area contributed by atoms with Crippen molar-refractivity contribution in [1.82, 2.24) is 15.1 Å². The zero-order valence-corrected chi connectivity index (χ0v) is 15.1. The minimum absolute atomic E-state index is 0.0337. The van der Waals surface area contributed by atoms with Crippen LogP contribution in [0.5, 0.6) is 5.75 Å². The van der Waals surface area contributed by atoms with Crippen molar-refractivity contribution in [1.29, 1.82) is 0 Å². The highest BCUT2D eigenvalue weighted by Crippen LogP contribution is 2.31. The van der Waals surface area contributed by atoms with Crippen LogP contribution in [0, 0.1) is 5.82 Å². The largest absolute Gasteiger partial charge is 0.478 e. The Morgan fingerprint density at radius 1 is 1.25 bits per heavy atom. The van der Waals surface area contributed by atoms with Gasteiger partial charge in [-0.15, -0.1) is 0 Å². The number of aromatic amines is 1. The summed E-state index contributed by atoms with van der Waals surface area (Å²) in [6, 6.07) is 11.5. The molecule has 0 spiro atoms. The Morgan fingerprint density at radius 3 is 2.71 bits per heavy atom. The summed E-state index contributed by atoms with van der Waals surface area (Å²) in [5.41, 5.74) is -0.628. The lowest BCUT2D eigenvalue weighted by atomic mass is 9.91. The number of aliphatic carboxylic acids is 1. The normalized spacial score (nSPS) is 16.8. The molecule has 2 N–H and O–H groups in total. The third kappa shape index (κ3) is 3.63. The summed E-state index contributed by atoms with van der Waals surface area (Å²) in [4.78, 5) is 14.0. The first kappa shape index (κ1) is 18.2. The number of piperidine rings is 1. The second-order valence-corrected chi connectivity index (χ2v) is 6.84. The quantitative estimate of drug-likeness (QED) is 0.676. The van der Waals surface area contributed by atoms with Gasteiger partial charge in [0.15, 0.2) is 17.3 Å². The van der Waals surface area contributed by atoms with E-state index in [1.165, 1.54) is 12.1 Å². The highest BCUT2D eigenvalue weighted by Gasteiger charge is 2.44. The molecule has 4 rings (SSSR count). The third-order valence-corrected chi connectivity index (χ3v) is 5.00. The van der Waals surface area contributed by atoms with E-state index in [1.807, 2.05) is 18.2 Å². The van der Waals surface area contributed by atoms with Crippen LogP contribution < -0.4 is 4.74 Å². The third-order valence-electron chi connectivity index (χ3n) is 5.00. The number of benzene rings is 1. The molecule has 7 nitrogen and oxygen atoms in total. The lowest BCUT2D eigenvalue weighted by Crippen LogP contribution is -2.53. The van der Waals surface area contributed by atoms with Gasteiger partial charge in [0.2, 0.25) is 5.60 Å². The zero-order chi connectivity index (χ0) is 19.6. The van der Waals surface area contributed by atoms with Gasteiger partial charge in [0.1, 0.15) is 11.5 Å². The average Bonchev–Trinajstić information content (AvgIpc) is 3.37. The fraction of sp³-hybridized carbons (Fsp3) is 0.300. The molecule has 1 saturated heterocycles. The molecule has 3 heterocycles. The predicted molar refractivity (Wildman–Crippen MR) is 98.2 cm³/mol. The van der Waals surface area contributed by atoms with Crippen LogP contribution in [0.3, 0.4) is 0 Å². The fourth-order valence-electron chi connectivity index (χ4n) is 3.39. The van der Waals surface area contributed by atoms with Crippen molar-refractivity contribution in [3.63, 3.8) is 0 Å². The lowest BCUT2D eigenvalue weighted by Gasteiger charge is -2.38. The van der Waals surface area contributed by atoms with E-state index in [1.54, 1.807) is 18.3 Å². The molecular weight excluding hydrogens is 365 g/mol. The molecule has 0 saturated carbocycles. The summed E-state index contributed by atoms with van der Waals surface area (Å²) in [6.45, 7) is 1.56. The van der Waals surface area contributed by atoms with Crippen molar-refractivity contribution in [2.75, 3.05) is 13.1 Å². The van der Waals surface area contributed by atoms with Crippen LogP contribution in [0.15, 0.2) is 53.1 Å². The average molecular weight is 385 g/mol. The Kier molecular flexibility index (Phi) is 4.87. The molecule has 0 atom stereocenters. The summed E-state index contributed by atoms with van der Waals surface area (Å²) in [5, 5.41) is 16.5. The Hall–Kier alpha value is -3.13. The lowest BCUT2D eigenvalue weighted by molar-refractivity contribution is -0.160. The molecule has 8 heteroatoms. The summed E-state index contributed by atoms with van der Waals surface area (Å²) >= 11 is 0. The van der Waals surface area contributed by atoms with Crippen LogP contribution in [0.4, 0.5) is 4.39 Å². The highest BCUT2D eigenvalue weighted by molar-refractivity contribution is 5.78. The molecule has 28 heavy (non-hydrogen) atoms. The van der Waals surface area contributed by atoms with Crippen LogP contribution >= 0.6 is 0 Å². The molecule has 0 unspecified atom stereocenters. The van der Waals surface area contributed by atoms with E-state index in [2.05, 4.69) is 15.1 Å². The van der Waals surface area contributed by atoms with Gasteiger partial charge in [-0.25, -0.2) is 9.18 Å². The number of para-hydroxylation sites is 1. The minimum Gasteiger partial charge on any atom is -0.478 e. The van der Waals surface area contributed by atoms with E-state index in [0.717, 1.165) is 11.5 Å². The number of furan rings is 1. The molecule has 0 bridgehead atoms. The number of halogens is 1. The second kappa shape index (κ2) is 7.47. The number of nitrogens with one attached hydrogen (secondary N) is 1. The number of aromatic nitrogens is 2. The molecule has 3 aromatic rings. The Bertz CT molecular complexity index is 946. The van der Waals surface area contributed by atoms with Gasteiger partial charge in [-0.05, 0) is 30.3 Å². The van der Waals surface area contributed by atoms with Gasteiger partial charge in [-0.2, -0.15) is 5.10 Å². The molecule has 0 aliphatic carbocycles. The molecule has 1 aliphatic rings. The van der Waals surface area contributed by atoms with Crippen LogP contribution in [-0.4, -0.2) is 44.9 Å². The maximum atomic E-state index is 13.9. The SMILES string of the molecule is O=C(O)C1(Oc2ccccc2F)CCN(Cc2ccc(-c3ccn[nH]3)o2)CC1. The van der Waals surface area contributed by atoms with E-state index in [4.69, 9.17) is 9.15 Å². The van der Waals surface area contributed by atoms with Crippen molar-refractivity contribution < 1.29 is 23.4 Å². The van der Waals surface area contributed by atoms with Crippen molar-refractivity contribution in [2.45, 2.75) is 25.0 Å². The number of hydrogen-bond acceptors (Lipinski definition) is 5. The zero-order valence-electron chi connectivity index (χ0n) is 15.1. The molecule has 0 amide bonds. The number of H-pyrrole nitrogens is 1. The number of carbonyl (C=O) groups is 1. The number of nitrogens with zero attached hydrogens (tertiary/aromatic N) is 2. The van der Waals surface area contributed by atoms with Gasteiger partial charge in [0.05, 0.1) is 6.54 Å². The first-order valence-corrected chi connectivity index (χ1v) is 9.03. The standard InChI is InChI=1S/C20H20FN3O4/c21-15-3-1-2-4-17(15)28-20(19(25)26)8-11-24(12-9-20)13-14-5-6-18(27-14)16-7-10-22-23-16/h1-7,10H,8-9,11-13H2,(H,22,23)(H,25,26). The maximum absolute atomic E-state index is 13.9. The van der Waals surface area contributed by atoms with E-state index in [0.29, 0.717) is 25.4 Å². The van der Waals surface area contributed by atoms with Gasteiger partial charge in [0, 0.05) is 32.1 Å². The molecule has 146 valence electrons. The Labute approximate surface area is 160 Å². The van der Waals surface area contributed by atoms with E-state index < -0.39 is 17.4 Å². The van der Waals surface area contributed by atoms with Crippen molar-refractivity contribution in [3.05, 3.63) is 60.2 Å². The number of rotatable bonds is 6. The summed E-state index contributed by atoms with van der Waals surface area (Å²) in [6.07, 6.45) is 2.17. The molecule has 2 aromatic heterocycles. The van der Waals surface area contributed by atoms with Crippen LogP contribution in [0.25, 0.3) is 11.5 Å².